The van der Waals surface area contributed by atoms with E-state index in [1.165, 1.54) is 0 Å². The lowest BCUT2D eigenvalue weighted by molar-refractivity contribution is -0.133. The highest BCUT2D eigenvalue weighted by molar-refractivity contribution is 5.83. The van der Waals surface area contributed by atoms with Gasteiger partial charge in [-0.25, -0.2) is 0 Å². The number of carbonyl (C=O) groups excluding carboxylic acids is 2. The van der Waals surface area contributed by atoms with Crippen molar-refractivity contribution in [3.05, 3.63) is 0 Å². The highest BCUT2D eigenvalue weighted by atomic mass is 16.5. The molecule has 15 heavy (non-hydrogen) atoms. The van der Waals surface area contributed by atoms with Crippen molar-refractivity contribution >= 4 is 11.8 Å². The molecular weight excluding hydrogens is 200 g/mol. The molecule has 0 aromatic carbocycles. The number of nitrogens with one attached hydrogen (secondary N) is 1. The molecule has 0 radical (unpaired) electrons. The van der Waals surface area contributed by atoms with Gasteiger partial charge >= 0.3 is 0 Å². The summed E-state index contributed by atoms with van der Waals surface area (Å²) in [7, 11) is 0. The zero-order valence-electron chi connectivity index (χ0n) is 8.60. The fraction of sp³-hybridized carbons (Fsp3) is 0.778. The monoisotopic (exact) mass is 216 g/mol. The molecule has 4 N–H and O–H groups in total. The summed E-state index contributed by atoms with van der Waals surface area (Å²) in [6.07, 6.45) is -0.980. The summed E-state index contributed by atoms with van der Waals surface area (Å²) in [5.74, 6) is -0.994. The van der Waals surface area contributed by atoms with Crippen molar-refractivity contribution < 1.29 is 19.4 Å². The van der Waals surface area contributed by atoms with Crippen LogP contribution in [0.3, 0.4) is 0 Å². The first-order valence-corrected chi connectivity index (χ1v) is 4.89. The van der Waals surface area contributed by atoms with E-state index < -0.39 is 18.1 Å². The van der Waals surface area contributed by atoms with Crippen LogP contribution in [-0.2, 0) is 14.3 Å². The highest BCUT2D eigenvalue weighted by Crippen LogP contribution is 2.19. The average molecular weight is 216 g/mol. The Labute approximate surface area is 87.8 Å². The Balaban J connectivity index is 2.32. The van der Waals surface area contributed by atoms with Crippen LogP contribution in [0.25, 0.3) is 0 Å². The van der Waals surface area contributed by atoms with E-state index in [1.54, 1.807) is 0 Å². The van der Waals surface area contributed by atoms with E-state index in [1.807, 2.05) is 6.92 Å². The van der Waals surface area contributed by atoms with Crippen LogP contribution in [0, 0.1) is 5.92 Å². The van der Waals surface area contributed by atoms with Gasteiger partial charge in [-0.2, -0.15) is 0 Å². The van der Waals surface area contributed by atoms with Crippen molar-refractivity contribution in [2.45, 2.75) is 25.6 Å². The van der Waals surface area contributed by atoms with Crippen LogP contribution in [0.1, 0.15) is 13.3 Å². The molecule has 86 valence electrons. The third kappa shape index (κ3) is 3.17. The van der Waals surface area contributed by atoms with E-state index in [2.05, 4.69) is 5.32 Å². The molecule has 1 saturated heterocycles. The van der Waals surface area contributed by atoms with E-state index in [0.717, 1.165) is 6.42 Å². The molecule has 0 saturated carbocycles. The zero-order chi connectivity index (χ0) is 11.4. The molecule has 3 unspecified atom stereocenters. The van der Waals surface area contributed by atoms with Gasteiger partial charge in [0.2, 0.25) is 11.8 Å². The van der Waals surface area contributed by atoms with Crippen molar-refractivity contribution in [2.24, 2.45) is 11.7 Å². The minimum Gasteiger partial charge on any atom is -0.381 e. The third-order valence-corrected chi connectivity index (χ3v) is 2.44. The van der Waals surface area contributed by atoms with Crippen molar-refractivity contribution in [3.63, 3.8) is 0 Å². The quantitative estimate of drug-likeness (QED) is 0.525. The van der Waals surface area contributed by atoms with Gasteiger partial charge in [-0.15, -0.1) is 0 Å². The smallest absolute Gasteiger partial charge is 0.249 e. The lowest BCUT2D eigenvalue weighted by Crippen LogP contribution is -2.44. The van der Waals surface area contributed by atoms with Crippen LogP contribution < -0.4 is 11.1 Å². The van der Waals surface area contributed by atoms with Gasteiger partial charge in [0.25, 0.3) is 0 Å². The van der Waals surface area contributed by atoms with Crippen LogP contribution in [0.4, 0.5) is 0 Å². The zero-order valence-corrected chi connectivity index (χ0v) is 8.60. The Bertz CT molecular complexity index is 256. The largest absolute Gasteiger partial charge is 0.381 e. The molecule has 1 heterocycles. The van der Waals surface area contributed by atoms with Gasteiger partial charge in [-0.1, -0.05) is 6.92 Å². The van der Waals surface area contributed by atoms with E-state index in [-0.39, 0.29) is 18.4 Å². The second-order valence-corrected chi connectivity index (χ2v) is 3.72. The summed E-state index contributed by atoms with van der Waals surface area (Å²) in [4.78, 5) is 22.0. The summed E-state index contributed by atoms with van der Waals surface area (Å²) < 4.78 is 5.21. The summed E-state index contributed by atoms with van der Waals surface area (Å²) in [6, 6.07) is 0. The van der Waals surface area contributed by atoms with Crippen LogP contribution >= 0.6 is 0 Å². The molecule has 6 nitrogen and oxygen atoms in total. The predicted molar refractivity (Wildman–Crippen MR) is 51.7 cm³/mol. The summed E-state index contributed by atoms with van der Waals surface area (Å²) in [5, 5.41) is 11.5. The normalized spacial score (nSPS) is 27.3. The molecule has 0 spiro atoms. The van der Waals surface area contributed by atoms with Crippen molar-refractivity contribution in [1.29, 1.82) is 0 Å². The first kappa shape index (κ1) is 11.9. The Morgan fingerprint density at radius 3 is 2.80 bits per heavy atom. The fourth-order valence-corrected chi connectivity index (χ4v) is 1.43. The van der Waals surface area contributed by atoms with Crippen molar-refractivity contribution in [2.75, 3.05) is 13.2 Å². The van der Waals surface area contributed by atoms with Crippen molar-refractivity contribution in [1.82, 2.24) is 5.32 Å². The molecule has 0 aromatic rings. The molecule has 1 rings (SSSR count). The standard InChI is InChI=1S/C9H16N2O4/c1-5-2-3-15-7(5)9(14)11-4-6(12)8(10)13/h5-7,12H,2-4H2,1H3,(H2,10,13)(H,11,14). The van der Waals surface area contributed by atoms with E-state index in [0.29, 0.717) is 6.61 Å². The fourth-order valence-electron chi connectivity index (χ4n) is 1.43. The lowest BCUT2D eigenvalue weighted by atomic mass is 10.0. The molecule has 6 heteroatoms. The number of carbonyl (C=O) groups is 2. The molecule has 1 aliphatic heterocycles. The molecular formula is C9H16N2O4. The number of aliphatic hydroxyl groups excluding tert-OH is 1. The van der Waals surface area contributed by atoms with Gasteiger partial charge < -0.3 is 20.9 Å². The second-order valence-electron chi connectivity index (χ2n) is 3.72. The van der Waals surface area contributed by atoms with Gasteiger partial charge in [-0.3, -0.25) is 9.59 Å². The van der Waals surface area contributed by atoms with Gasteiger partial charge in [-0.05, 0) is 12.3 Å². The Hall–Kier alpha value is -1.14. The summed E-state index contributed by atoms with van der Waals surface area (Å²) in [5.41, 5.74) is 4.83. The number of nitrogens with two attached hydrogens (primary N) is 1. The molecule has 0 aromatic heterocycles. The SMILES string of the molecule is CC1CCOC1C(=O)NCC(O)C(N)=O. The topological polar surface area (TPSA) is 102 Å². The number of amides is 2. The molecule has 0 bridgehead atoms. The highest BCUT2D eigenvalue weighted by Gasteiger charge is 2.31. The number of aliphatic hydroxyl groups is 1. The van der Waals surface area contributed by atoms with Crippen LogP contribution in [0.5, 0.6) is 0 Å². The van der Waals surface area contributed by atoms with Gasteiger partial charge in [0, 0.05) is 6.61 Å². The molecule has 1 fully saturated rings. The second kappa shape index (κ2) is 5.09. The Kier molecular flexibility index (Phi) is 4.05. The molecule has 1 aliphatic rings. The summed E-state index contributed by atoms with van der Waals surface area (Å²) >= 11 is 0. The van der Waals surface area contributed by atoms with Crippen LogP contribution in [0.15, 0.2) is 0 Å². The Morgan fingerprint density at radius 2 is 2.33 bits per heavy atom. The maximum Gasteiger partial charge on any atom is 0.249 e. The first-order valence-electron chi connectivity index (χ1n) is 4.89. The van der Waals surface area contributed by atoms with Gasteiger partial charge in [0.05, 0.1) is 6.54 Å². The minimum absolute atomic E-state index is 0.163. The van der Waals surface area contributed by atoms with Crippen LogP contribution in [0.2, 0.25) is 0 Å². The average Bonchev–Trinajstić information content (AvgIpc) is 2.60. The van der Waals surface area contributed by atoms with E-state index in [4.69, 9.17) is 15.6 Å². The van der Waals surface area contributed by atoms with E-state index in [9.17, 15) is 9.59 Å². The number of hydrogen-bond donors (Lipinski definition) is 3. The molecule has 3 atom stereocenters. The summed E-state index contributed by atoms with van der Waals surface area (Å²) in [6.45, 7) is 2.32. The maximum absolute atomic E-state index is 11.5. The van der Waals surface area contributed by atoms with E-state index >= 15 is 0 Å². The Morgan fingerprint density at radius 1 is 1.67 bits per heavy atom. The van der Waals surface area contributed by atoms with Crippen molar-refractivity contribution in [3.8, 4) is 0 Å². The number of primary amides is 1. The third-order valence-electron chi connectivity index (χ3n) is 2.44. The number of rotatable bonds is 4. The minimum atomic E-state index is -1.34. The van der Waals surface area contributed by atoms with Gasteiger partial charge in [0.15, 0.2) is 0 Å². The lowest BCUT2D eigenvalue weighted by Gasteiger charge is -2.15. The number of hydrogen-bond acceptors (Lipinski definition) is 4. The number of ether oxygens (including phenoxy) is 1. The predicted octanol–water partition coefficient (Wildman–Crippen LogP) is -1.63. The molecule has 0 aliphatic carbocycles. The van der Waals surface area contributed by atoms with Gasteiger partial charge in [0.1, 0.15) is 12.2 Å². The maximum atomic E-state index is 11.5. The molecule has 2 amide bonds. The van der Waals surface area contributed by atoms with Crippen LogP contribution in [-0.4, -0.2) is 42.3 Å². The first-order chi connectivity index (χ1) is 7.02.